The molecule has 0 atom stereocenters. The van der Waals surface area contributed by atoms with Gasteiger partial charge in [0.05, 0.1) is 0 Å². The molecule has 0 spiro atoms. The van der Waals surface area contributed by atoms with Gasteiger partial charge in [-0.1, -0.05) is 0 Å². The van der Waals surface area contributed by atoms with Crippen LogP contribution in [0.3, 0.4) is 0 Å². The third-order valence-electron chi connectivity index (χ3n) is 0. The second kappa shape index (κ2) is 24.9. The Bertz CT molecular complexity index is 11.6. The van der Waals surface area contributed by atoms with Crippen LogP contribution >= 0.6 is 0 Å². The molecule has 0 unspecified atom stereocenters. The van der Waals surface area contributed by atoms with E-state index in [9.17, 15) is 0 Å². The minimum Gasteiger partial charge on any atom is 0 e. The van der Waals surface area contributed by atoms with Gasteiger partial charge in [-0.3, -0.25) is 0 Å². The van der Waals surface area contributed by atoms with Gasteiger partial charge in [-0.25, -0.2) is 0 Å². The molecule has 0 aromatic carbocycles. The van der Waals surface area contributed by atoms with Crippen LogP contribution < -0.4 is 0 Å². The van der Waals surface area contributed by atoms with E-state index < -0.39 is 0 Å². The Morgan fingerprint density at radius 3 is 1.00 bits per heavy atom. The van der Waals surface area contributed by atoms with Crippen molar-refractivity contribution in [2.45, 2.75) is 0 Å². The van der Waals surface area contributed by atoms with Gasteiger partial charge < -0.3 is 0 Å². The molecule has 0 saturated heterocycles. The van der Waals surface area contributed by atoms with Gasteiger partial charge >= 0.3 is 65.0 Å². The van der Waals surface area contributed by atoms with Crippen LogP contribution in [0.4, 0.5) is 0 Å². The van der Waals surface area contributed by atoms with Crippen molar-refractivity contribution in [2.75, 3.05) is 0 Å². The van der Waals surface area contributed by atoms with Crippen LogP contribution in [0.15, 0.2) is 0 Å². The predicted molar refractivity (Wildman–Crippen MR) is 17.1 cm³/mol. The van der Waals surface area contributed by atoms with Crippen LogP contribution in [0.1, 0.15) is 0 Å². The largest absolute Gasteiger partial charge is 0 e. The smallest absolute Gasteiger partial charge is 0 e. The van der Waals surface area contributed by atoms with Gasteiger partial charge in [0, 0.05) is 53.3 Å². The molecule has 4 radical (unpaired) electrons. The zero-order chi connectivity index (χ0) is 0. The Labute approximate surface area is 116 Å². The molecule has 0 fully saturated rings. The standard InChI is InChI=1S/Ca.Co.Mn.Pb.Zn.4H. The maximum Gasteiger partial charge on any atom is 0 e. The molecule has 0 aromatic heterocycles. The third-order valence-corrected chi connectivity index (χ3v) is 0. The Morgan fingerprint density at radius 2 is 1.00 bits per heavy atom. The SMILES string of the molecule is [CaH2].[Co].[Mn].[PbH2].[Zn]. The normalized spacial score (nSPS) is 0. The van der Waals surface area contributed by atoms with E-state index in [0.717, 1.165) is 0 Å². The molecular formula is H4CaCoMnPbZn. The second-order valence-corrected chi connectivity index (χ2v) is 0. The number of rotatable bonds is 0. The van der Waals surface area contributed by atoms with E-state index in [1.54, 1.807) is 0 Å². The van der Waals surface area contributed by atoms with Gasteiger partial charge in [0.2, 0.25) is 0 Å². The molecule has 5 heteroatoms. The van der Waals surface area contributed by atoms with Crippen LogP contribution in [0.2, 0.25) is 0 Å². The summed E-state index contributed by atoms with van der Waals surface area (Å²) in [5.74, 6) is 0. The van der Waals surface area contributed by atoms with Gasteiger partial charge in [-0.2, -0.15) is 0 Å². The van der Waals surface area contributed by atoms with Crippen LogP contribution in [-0.2, 0) is 53.3 Å². The van der Waals surface area contributed by atoms with Gasteiger partial charge in [-0.05, 0) is 0 Å². The van der Waals surface area contributed by atoms with E-state index >= 15 is 0 Å². The molecule has 0 amide bonds. The van der Waals surface area contributed by atoms with Crippen LogP contribution in [0.5, 0.6) is 0 Å². The Hall–Kier alpha value is 3.83. The van der Waals surface area contributed by atoms with Gasteiger partial charge in [-0.15, -0.1) is 0 Å². The van der Waals surface area contributed by atoms with Gasteiger partial charge in [0.15, 0.2) is 0 Å². The van der Waals surface area contributed by atoms with Crippen LogP contribution in [0, 0.1) is 0 Å². The first-order valence-electron chi connectivity index (χ1n) is 0. The van der Waals surface area contributed by atoms with Crippen molar-refractivity contribution in [1.29, 1.82) is 0 Å². The molecule has 0 aliphatic carbocycles. The van der Waals surface area contributed by atoms with E-state index in [2.05, 4.69) is 0 Å². The fourth-order valence-corrected chi connectivity index (χ4v) is 0. The maximum atomic E-state index is 0. The van der Waals surface area contributed by atoms with Gasteiger partial charge in [0.25, 0.3) is 0 Å². The van der Waals surface area contributed by atoms with E-state index in [4.69, 9.17) is 0 Å². The summed E-state index contributed by atoms with van der Waals surface area (Å²) in [6.07, 6.45) is 0. The fraction of sp³-hybridized carbons (Fsp3) is 0. The second-order valence-electron chi connectivity index (χ2n) is 0. The summed E-state index contributed by atoms with van der Waals surface area (Å²) in [7, 11) is 0. The maximum absolute atomic E-state index is 0. The molecule has 0 aliphatic rings. The zero-order valence-corrected chi connectivity index (χ0v) is 12.8. The van der Waals surface area contributed by atoms with Crippen LogP contribution in [-0.4, -0.2) is 65.0 Å². The minimum absolute atomic E-state index is 0. The van der Waals surface area contributed by atoms with Crippen molar-refractivity contribution < 1.29 is 53.3 Å². The molecule has 0 aromatic rings. The minimum atomic E-state index is 0. The third kappa shape index (κ3) is 18.1. The summed E-state index contributed by atoms with van der Waals surface area (Å²) >= 11 is 0. The van der Waals surface area contributed by atoms with Crippen LogP contribution in [0.25, 0.3) is 0 Å². The first-order chi connectivity index (χ1) is 0. The Kier molecular flexibility index (Phi) is 184. The molecular weight excluding hydrogens is 427 g/mol. The van der Waals surface area contributed by atoms with E-state index in [-0.39, 0.29) is 118 Å². The van der Waals surface area contributed by atoms with Crippen molar-refractivity contribution >= 4 is 65.0 Å². The average molecular weight is 431 g/mol. The summed E-state index contributed by atoms with van der Waals surface area (Å²) in [6, 6.07) is 0. The summed E-state index contributed by atoms with van der Waals surface area (Å²) < 4.78 is 0. The van der Waals surface area contributed by atoms with Gasteiger partial charge in [0.1, 0.15) is 0 Å². The predicted octanol–water partition coefficient (Wildman–Crippen LogP) is -1.84. The molecule has 28 valence electrons. The summed E-state index contributed by atoms with van der Waals surface area (Å²) in [5.41, 5.74) is 0. The summed E-state index contributed by atoms with van der Waals surface area (Å²) in [5, 5.41) is 0. The topological polar surface area (TPSA) is 0 Å². The van der Waals surface area contributed by atoms with E-state index in [1.165, 1.54) is 0 Å². The molecule has 0 saturated carbocycles. The molecule has 0 N–H and O–H groups in total. The first kappa shape index (κ1) is 36.9. The summed E-state index contributed by atoms with van der Waals surface area (Å²) in [6.45, 7) is 0. The Balaban J connectivity index is 0. The average Bonchev–Trinajstić information content (AvgIpc) is 0. The molecule has 0 rings (SSSR count). The van der Waals surface area contributed by atoms with E-state index in [0.29, 0.717) is 0 Å². The zero-order valence-electron chi connectivity index (χ0n) is 2.13. The van der Waals surface area contributed by atoms with Crippen molar-refractivity contribution in [3.05, 3.63) is 0 Å². The first-order valence-corrected chi connectivity index (χ1v) is 0. The van der Waals surface area contributed by atoms with Crippen molar-refractivity contribution in [3.8, 4) is 0 Å². The van der Waals surface area contributed by atoms with Crippen molar-refractivity contribution in [2.24, 2.45) is 0 Å². The molecule has 0 heterocycles. The molecule has 0 aliphatic heterocycles. The number of hydrogen-bond acceptors (Lipinski definition) is 0. The molecule has 5 heavy (non-hydrogen) atoms. The number of hydrogen-bond donors (Lipinski definition) is 0. The monoisotopic (exact) mass is 430 g/mol. The molecule has 0 bridgehead atoms. The molecule has 0 nitrogen and oxygen atoms in total. The fourth-order valence-electron chi connectivity index (χ4n) is 0. The summed E-state index contributed by atoms with van der Waals surface area (Å²) in [4.78, 5) is 0. The van der Waals surface area contributed by atoms with Crippen molar-refractivity contribution in [1.82, 2.24) is 0 Å². The van der Waals surface area contributed by atoms with E-state index in [1.807, 2.05) is 0 Å². The Morgan fingerprint density at radius 1 is 1.00 bits per heavy atom. The quantitative estimate of drug-likeness (QED) is 0.397. The van der Waals surface area contributed by atoms with Crippen molar-refractivity contribution in [3.63, 3.8) is 0 Å².